The van der Waals surface area contributed by atoms with Crippen LogP contribution in [0.1, 0.15) is 25.7 Å². The van der Waals surface area contributed by atoms with Crippen molar-refractivity contribution in [1.29, 1.82) is 0 Å². The summed E-state index contributed by atoms with van der Waals surface area (Å²) in [5.41, 5.74) is 0. The summed E-state index contributed by atoms with van der Waals surface area (Å²) in [5.74, 6) is 24.0. The zero-order valence-corrected chi connectivity index (χ0v) is 22.0. The zero-order valence-electron chi connectivity index (χ0n) is 15.7. The number of hydrogen-bond acceptors (Lipinski definition) is 1. The summed E-state index contributed by atoms with van der Waals surface area (Å²) in [7, 11) is 2.05. The van der Waals surface area contributed by atoms with Gasteiger partial charge in [0.25, 0.3) is 0 Å². The standard InChI is InChI=1S/C16H38Ge3O/c1-17(2,3)15(18(4,5)6)13-11-12-14-16(15,20-10)19(7,8)9/h11-14H2,1-10H3. The molecule has 1 unspecified atom stereocenters. The van der Waals surface area contributed by atoms with Crippen LogP contribution in [0.25, 0.3) is 0 Å². The fraction of sp³-hybridized carbons (Fsp3) is 1.00. The van der Waals surface area contributed by atoms with Crippen molar-refractivity contribution in [1.82, 2.24) is 0 Å². The van der Waals surface area contributed by atoms with Crippen molar-refractivity contribution in [3.8, 4) is 0 Å². The van der Waals surface area contributed by atoms with E-state index in [9.17, 15) is 0 Å². The molecule has 0 spiro atoms. The third-order valence-electron chi connectivity index (χ3n) is 6.14. The number of methoxy groups -OCH3 is 1. The second-order valence-corrected chi connectivity index (χ2v) is 45.7. The Balaban J connectivity index is 3.68. The van der Waals surface area contributed by atoms with Crippen LogP contribution in [0, 0.1) is 0 Å². The van der Waals surface area contributed by atoms with E-state index >= 15 is 0 Å². The Morgan fingerprint density at radius 3 is 1.30 bits per heavy atom. The monoisotopic (exact) mass is 468 g/mol. The second-order valence-electron chi connectivity index (χ2n) is 9.89. The van der Waals surface area contributed by atoms with Crippen LogP contribution in [0.3, 0.4) is 0 Å². The minimum absolute atomic E-state index is 0.293. The Bertz CT molecular complexity index is 332. The van der Waals surface area contributed by atoms with E-state index in [0.717, 1.165) is 0 Å². The molecule has 0 aromatic carbocycles. The molecule has 0 radical (unpaired) electrons. The van der Waals surface area contributed by atoms with Crippen LogP contribution in [0.4, 0.5) is 0 Å². The van der Waals surface area contributed by atoms with Crippen molar-refractivity contribution in [2.45, 2.75) is 85.0 Å². The molecule has 0 heterocycles. The molecule has 0 amide bonds. The van der Waals surface area contributed by atoms with Crippen molar-refractivity contribution in [2.24, 2.45) is 0 Å². The molecular formula is C16H38Ge3O. The molecule has 1 aliphatic carbocycles. The number of hydrogen-bond donors (Lipinski definition) is 0. The summed E-state index contributed by atoms with van der Waals surface area (Å²) in [6.45, 7) is 0. The van der Waals surface area contributed by atoms with Gasteiger partial charge < -0.3 is 0 Å². The molecule has 120 valence electrons. The summed E-state index contributed by atoms with van der Waals surface area (Å²) in [6, 6.07) is 0. The van der Waals surface area contributed by atoms with Gasteiger partial charge in [-0.25, -0.2) is 0 Å². The van der Waals surface area contributed by atoms with Gasteiger partial charge in [0.15, 0.2) is 0 Å². The van der Waals surface area contributed by atoms with Gasteiger partial charge in [-0.2, -0.15) is 0 Å². The molecule has 0 aliphatic heterocycles. The zero-order chi connectivity index (χ0) is 16.0. The molecule has 1 rings (SSSR count). The van der Waals surface area contributed by atoms with Crippen LogP contribution in [0.5, 0.6) is 0 Å². The predicted molar refractivity (Wildman–Crippen MR) is 101 cm³/mol. The number of ether oxygens (including phenoxy) is 1. The first-order chi connectivity index (χ1) is 8.77. The Labute approximate surface area is 136 Å². The third kappa shape index (κ3) is 2.75. The average Bonchev–Trinajstić information content (AvgIpc) is 2.23. The molecule has 0 bridgehead atoms. The molecule has 0 aromatic rings. The normalized spacial score (nSPS) is 28.5. The molecule has 20 heavy (non-hydrogen) atoms. The first-order valence-electron chi connectivity index (χ1n) is 8.32. The van der Waals surface area contributed by atoms with E-state index in [4.69, 9.17) is 4.74 Å². The quantitative estimate of drug-likeness (QED) is 0.480. The van der Waals surface area contributed by atoms with Crippen molar-refractivity contribution in [3.63, 3.8) is 0 Å². The number of rotatable bonds is 4. The minimum atomic E-state index is -1.96. The maximum absolute atomic E-state index is 6.59. The van der Waals surface area contributed by atoms with E-state index in [-0.39, 0.29) is 0 Å². The SMILES string of the molecule is CO[C]1([Ge]([CH3])([CH3])[CH3])CCCC[C]1([Ge]([CH3])([CH3])[CH3])[Ge]([CH3])([CH3])[CH3]. The Hall–Kier alpha value is 1.59. The molecule has 1 nitrogen and oxygen atoms in total. The fourth-order valence-corrected chi connectivity index (χ4v) is 67.6. The van der Waals surface area contributed by atoms with Gasteiger partial charge in [0.1, 0.15) is 0 Å². The van der Waals surface area contributed by atoms with Crippen LogP contribution in [0.15, 0.2) is 0 Å². The van der Waals surface area contributed by atoms with Crippen LogP contribution >= 0.6 is 0 Å². The van der Waals surface area contributed by atoms with Gasteiger partial charge in [0.05, 0.1) is 0 Å². The topological polar surface area (TPSA) is 9.23 Å². The molecule has 0 N–H and O–H groups in total. The van der Waals surface area contributed by atoms with Crippen molar-refractivity contribution in [2.75, 3.05) is 7.11 Å². The molecule has 0 saturated heterocycles. The Morgan fingerprint density at radius 2 is 1.05 bits per heavy atom. The van der Waals surface area contributed by atoms with Crippen LogP contribution in [-0.4, -0.2) is 51.3 Å². The first-order valence-corrected chi connectivity index (χ1v) is 30.3. The third-order valence-corrected chi connectivity index (χ3v) is 45.1. The molecule has 1 atom stereocenters. The molecular weight excluding hydrogens is 426 g/mol. The first kappa shape index (κ1) is 19.6. The summed E-state index contributed by atoms with van der Waals surface area (Å²) in [5, 5.41) is 0. The Morgan fingerprint density at radius 1 is 0.650 bits per heavy atom. The van der Waals surface area contributed by atoms with Crippen molar-refractivity contribution >= 4 is 39.8 Å². The van der Waals surface area contributed by atoms with Gasteiger partial charge in [-0.1, -0.05) is 0 Å². The van der Waals surface area contributed by atoms with E-state index in [1.807, 2.05) is 0 Å². The van der Waals surface area contributed by atoms with Gasteiger partial charge in [-0.05, 0) is 0 Å². The molecule has 4 heteroatoms. The molecule has 1 aliphatic rings. The molecule has 1 fully saturated rings. The van der Waals surface area contributed by atoms with Crippen LogP contribution < -0.4 is 0 Å². The van der Waals surface area contributed by atoms with E-state index < -0.39 is 39.8 Å². The average molecular weight is 464 g/mol. The summed E-state index contributed by atoms with van der Waals surface area (Å²) < 4.78 is 7.52. The van der Waals surface area contributed by atoms with E-state index in [1.54, 1.807) is 0 Å². The van der Waals surface area contributed by atoms with E-state index in [0.29, 0.717) is 7.51 Å². The van der Waals surface area contributed by atoms with E-state index in [1.165, 1.54) is 25.7 Å². The van der Waals surface area contributed by atoms with Gasteiger partial charge in [0.2, 0.25) is 0 Å². The van der Waals surface area contributed by atoms with Crippen molar-refractivity contribution < 1.29 is 4.74 Å². The van der Waals surface area contributed by atoms with Gasteiger partial charge in [-0.15, -0.1) is 0 Å². The van der Waals surface area contributed by atoms with Crippen molar-refractivity contribution in [3.05, 3.63) is 0 Å². The summed E-state index contributed by atoms with van der Waals surface area (Å²) in [6.07, 6.45) is 5.69. The van der Waals surface area contributed by atoms with Gasteiger partial charge in [-0.3, -0.25) is 0 Å². The molecule has 1 saturated carbocycles. The van der Waals surface area contributed by atoms with E-state index in [2.05, 4.69) is 58.9 Å². The Kier molecular flexibility index (Phi) is 5.79. The van der Waals surface area contributed by atoms with Crippen LogP contribution in [0.2, 0.25) is 54.9 Å². The summed E-state index contributed by atoms with van der Waals surface area (Å²) in [4.78, 5) is 0. The van der Waals surface area contributed by atoms with Gasteiger partial charge >= 0.3 is 137 Å². The fourth-order valence-electron chi connectivity index (χ4n) is 5.86. The van der Waals surface area contributed by atoms with Crippen LogP contribution in [-0.2, 0) is 4.74 Å². The predicted octanol–water partition coefficient (Wildman–Crippen LogP) is 5.78. The molecule has 0 aromatic heterocycles. The summed E-state index contributed by atoms with van der Waals surface area (Å²) >= 11 is -5.72. The van der Waals surface area contributed by atoms with Gasteiger partial charge in [0, 0.05) is 0 Å². The maximum atomic E-state index is 6.59. The second kappa shape index (κ2) is 5.90.